The molecule has 5 heteroatoms. The second-order valence-electron chi connectivity index (χ2n) is 5.49. The summed E-state index contributed by atoms with van der Waals surface area (Å²) >= 11 is 0. The molecule has 0 bridgehead atoms. The van der Waals surface area contributed by atoms with E-state index in [-0.39, 0.29) is 11.9 Å². The maximum atomic E-state index is 12.1. The van der Waals surface area contributed by atoms with E-state index in [0.29, 0.717) is 31.1 Å². The fraction of sp³-hybridized carbons (Fsp3) is 0.562. The third kappa shape index (κ3) is 4.36. The summed E-state index contributed by atoms with van der Waals surface area (Å²) in [5.74, 6) is 1.48. The molecular formula is C16H24N2O3. The van der Waals surface area contributed by atoms with Crippen molar-refractivity contribution in [1.29, 1.82) is 0 Å². The quantitative estimate of drug-likeness (QED) is 0.897. The number of piperidine rings is 1. The van der Waals surface area contributed by atoms with Crippen LogP contribution < -0.4 is 15.2 Å². The van der Waals surface area contributed by atoms with Gasteiger partial charge in [-0.2, -0.15) is 0 Å². The molecule has 1 saturated heterocycles. The summed E-state index contributed by atoms with van der Waals surface area (Å²) < 4.78 is 10.9. The van der Waals surface area contributed by atoms with Crippen molar-refractivity contribution < 1.29 is 14.3 Å². The molecule has 21 heavy (non-hydrogen) atoms. The first kappa shape index (κ1) is 15.6. The molecule has 0 aliphatic carbocycles. The Morgan fingerprint density at radius 1 is 1.43 bits per heavy atom. The van der Waals surface area contributed by atoms with Gasteiger partial charge in [0.1, 0.15) is 0 Å². The maximum absolute atomic E-state index is 12.1. The van der Waals surface area contributed by atoms with Gasteiger partial charge in [-0.05, 0) is 37.5 Å². The molecule has 1 aromatic rings. The molecule has 0 spiro atoms. The number of hydrogen-bond acceptors (Lipinski definition) is 4. The Morgan fingerprint density at radius 3 is 2.95 bits per heavy atom. The Kier molecular flexibility index (Phi) is 5.44. The number of methoxy groups -OCH3 is 1. The van der Waals surface area contributed by atoms with Crippen LogP contribution >= 0.6 is 0 Å². The van der Waals surface area contributed by atoms with Crippen LogP contribution in [0.5, 0.6) is 11.5 Å². The number of nitrogens with two attached hydrogens (primary N) is 1. The van der Waals surface area contributed by atoms with E-state index in [2.05, 4.69) is 0 Å². The van der Waals surface area contributed by atoms with Crippen molar-refractivity contribution in [3.8, 4) is 11.5 Å². The van der Waals surface area contributed by atoms with Gasteiger partial charge in [0, 0.05) is 19.1 Å². The molecule has 0 radical (unpaired) electrons. The van der Waals surface area contributed by atoms with E-state index >= 15 is 0 Å². The number of amides is 1. The normalized spacial score (nSPS) is 18.4. The molecule has 0 unspecified atom stereocenters. The summed E-state index contributed by atoms with van der Waals surface area (Å²) in [6.45, 7) is 3.81. The molecule has 2 rings (SSSR count). The summed E-state index contributed by atoms with van der Waals surface area (Å²) in [6.07, 6.45) is 2.35. The zero-order valence-electron chi connectivity index (χ0n) is 12.8. The minimum Gasteiger partial charge on any atom is -0.493 e. The molecule has 1 aliphatic rings. The zero-order chi connectivity index (χ0) is 15.2. The van der Waals surface area contributed by atoms with E-state index in [1.165, 1.54) is 0 Å². The third-order valence-corrected chi connectivity index (χ3v) is 3.70. The summed E-state index contributed by atoms with van der Waals surface area (Å²) in [6, 6.07) is 5.86. The van der Waals surface area contributed by atoms with Crippen LogP contribution in [0.15, 0.2) is 18.2 Å². The highest BCUT2D eigenvalue weighted by atomic mass is 16.5. The Bertz CT molecular complexity index is 490. The van der Waals surface area contributed by atoms with Crippen LogP contribution in [0.1, 0.15) is 24.8 Å². The van der Waals surface area contributed by atoms with Crippen molar-refractivity contribution in [2.75, 3.05) is 26.8 Å². The van der Waals surface area contributed by atoms with Crippen LogP contribution in [-0.2, 0) is 4.79 Å². The fourth-order valence-electron chi connectivity index (χ4n) is 2.54. The summed E-state index contributed by atoms with van der Waals surface area (Å²) in [5.41, 5.74) is 7.00. The van der Waals surface area contributed by atoms with Gasteiger partial charge in [0.25, 0.3) is 0 Å². The summed E-state index contributed by atoms with van der Waals surface area (Å²) in [5, 5.41) is 0. The second-order valence-corrected chi connectivity index (χ2v) is 5.49. The van der Waals surface area contributed by atoms with Crippen LogP contribution in [0.3, 0.4) is 0 Å². The largest absolute Gasteiger partial charge is 0.493 e. The van der Waals surface area contributed by atoms with E-state index in [9.17, 15) is 4.79 Å². The topological polar surface area (TPSA) is 64.8 Å². The Labute approximate surface area is 126 Å². The van der Waals surface area contributed by atoms with Gasteiger partial charge in [0.05, 0.1) is 20.1 Å². The number of rotatable bonds is 5. The molecule has 0 saturated carbocycles. The predicted molar refractivity (Wildman–Crippen MR) is 81.6 cm³/mol. The molecule has 1 aliphatic heterocycles. The van der Waals surface area contributed by atoms with Crippen LogP contribution in [0.4, 0.5) is 0 Å². The van der Waals surface area contributed by atoms with Gasteiger partial charge in [-0.15, -0.1) is 0 Å². The van der Waals surface area contributed by atoms with E-state index in [1.807, 2.05) is 30.0 Å². The molecule has 116 valence electrons. The summed E-state index contributed by atoms with van der Waals surface area (Å²) in [4.78, 5) is 13.9. The number of benzene rings is 1. The minimum atomic E-state index is 0.108. The molecule has 1 fully saturated rings. The van der Waals surface area contributed by atoms with E-state index in [1.54, 1.807) is 7.11 Å². The van der Waals surface area contributed by atoms with Gasteiger partial charge in [0.15, 0.2) is 11.5 Å². The number of carbonyl (C=O) groups excluding carboxylic acids is 1. The molecule has 1 heterocycles. The highest BCUT2D eigenvalue weighted by Crippen LogP contribution is 2.27. The number of aryl methyl sites for hydroxylation is 1. The van der Waals surface area contributed by atoms with Crippen molar-refractivity contribution in [2.45, 2.75) is 32.2 Å². The van der Waals surface area contributed by atoms with Gasteiger partial charge in [-0.1, -0.05) is 6.07 Å². The number of carbonyl (C=O) groups is 1. The van der Waals surface area contributed by atoms with Crippen molar-refractivity contribution >= 4 is 5.91 Å². The molecule has 5 nitrogen and oxygen atoms in total. The van der Waals surface area contributed by atoms with Crippen molar-refractivity contribution in [3.63, 3.8) is 0 Å². The van der Waals surface area contributed by atoms with E-state index in [4.69, 9.17) is 15.2 Å². The lowest BCUT2D eigenvalue weighted by Crippen LogP contribution is -2.46. The standard InChI is InChI=1S/C16H24N2O3/c1-12-5-6-14(15(10-12)20-2)21-9-7-16(19)18-8-3-4-13(17)11-18/h5-6,10,13H,3-4,7-9,11,17H2,1-2H3/t13-/m0/s1. The van der Waals surface area contributed by atoms with Crippen LogP contribution in [0, 0.1) is 6.92 Å². The number of likely N-dealkylation sites (tertiary alicyclic amines) is 1. The maximum Gasteiger partial charge on any atom is 0.226 e. The lowest BCUT2D eigenvalue weighted by Gasteiger charge is -2.30. The number of hydrogen-bond donors (Lipinski definition) is 1. The predicted octanol–water partition coefficient (Wildman–Crippen LogP) is 1.72. The average molecular weight is 292 g/mol. The smallest absolute Gasteiger partial charge is 0.226 e. The van der Waals surface area contributed by atoms with Crippen LogP contribution in [0.25, 0.3) is 0 Å². The molecule has 1 aromatic carbocycles. The van der Waals surface area contributed by atoms with E-state index < -0.39 is 0 Å². The van der Waals surface area contributed by atoms with Gasteiger partial charge in [0.2, 0.25) is 5.91 Å². The highest BCUT2D eigenvalue weighted by Gasteiger charge is 2.20. The Hall–Kier alpha value is -1.75. The van der Waals surface area contributed by atoms with Crippen molar-refractivity contribution in [3.05, 3.63) is 23.8 Å². The third-order valence-electron chi connectivity index (χ3n) is 3.70. The Morgan fingerprint density at radius 2 is 2.24 bits per heavy atom. The first-order chi connectivity index (χ1) is 10.1. The fourth-order valence-corrected chi connectivity index (χ4v) is 2.54. The average Bonchev–Trinajstić information content (AvgIpc) is 2.48. The first-order valence-corrected chi connectivity index (χ1v) is 7.41. The van der Waals surface area contributed by atoms with Crippen LogP contribution in [0.2, 0.25) is 0 Å². The lowest BCUT2D eigenvalue weighted by molar-refractivity contribution is -0.132. The Balaban J connectivity index is 1.82. The molecule has 0 aromatic heterocycles. The lowest BCUT2D eigenvalue weighted by atomic mass is 10.1. The van der Waals surface area contributed by atoms with Gasteiger partial charge < -0.3 is 20.1 Å². The van der Waals surface area contributed by atoms with Gasteiger partial charge in [-0.25, -0.2) is 0 Å². The molecule has 1 amide bonds. The minimum absolute atomic E-state index is 0.108. The SMILES string of the molecule is COc1cc(C)ccc1OCCC(=O)N1CCC[C@H](N)C1. The highest BCUT2D eigenvalue weighted by molar-refractivity contribution is 5.76. The number of ether oxygens (including phenoxy) is 2. The monoisotopic (exact) mass is 292 g/mol. The van der Waals surface area contributed by atoms with Crippen LogP contribution in [-0.4, -0.2) is 43.7 Å². The second kappa shape index (κ2) is 7.31. The number of nitrogens with zero attached hydrogens (tertiary/aromatic N) is 1. The van der Waals surface area contributed by atoms with Gasteiger partial charge in [-0.3, -0.25) is 4.79 Å². The first-order valence-electron chi connectivity index (χ1n) is 7.41. The van der Waals surface area contributed by atoms with Crippen molar-refractivity contribution in [2.24, 2.45) is 5.73 Å². The van der Waals surface area contributed by atoms with E-state index in [0.717, 1.165) is 24.9 Å². The van der Waals surface area contributed by atoms with Crippen molar-refractivity contribution in [1.82, 2.24) is 4.90 Å². The zero-order valence-corrected chi connectivity index (χ0v) is 12.8. The summed E-state index contributed by atoms with van der Waals surface area (Å²) in [7, 11) is 1.61. The molecular weight excluding hydrogens is 268 g/mol. The molecule has 2 N–H and O–H groups in total. The van der Waals surface area contributed by atoms with Gasteiger partial charge >= 0.3 is 0 Å². The molecule has 1 atom stereocenters.